The van der Waals surface area contributed by atoms with Crippen LogP contribution < -0.4 is 10.2 Å². The van der Waals surface area contributed by atoms with Crippen LogP contribution in [0.4, 0.5) is 10.5 Å². The van der Waals surface area contributed by atoms with E-state index in [9.17, 15) is 9.59 Å². The third kappa shape index (κ3) is 3.35. The fourth-order valence-electron chi connectivity index (χ4n) is 3.75. The van der Waals surface area contributed by atoms with Crippen LogP contribution in [-0.2, 0) is 4.74 Å². The number of carbonyl (C=O) groups excluding carboxylic acids is 2. The Hall–Kier alpha value is -2.08. The van der Waals surface area contributed by atoms with Crippen molar-refractivity contribution in [2.24, 2.45) is 5.92 Å². The molecular formula is C19H25N3O3. The summed E-state index contributed by atoms with van der Waals surface area (Å²) in [5.41, 5.74) is 2.56. The number of carbonyl (C=O) groups is 2. The zero-order valence-electron chi connectivity index (χ0n) is 14.7. The molecule has 1 aromatic carbocycles. The van der Waals surface area contributed by atoms with Gasteiger partial charge in [0.2, 0.25) is 0 Å². The van der Waals surface area contributed by atoms with Crippen molar-refractivity contribution in [3.8, 4) is 0 Å². The quantitative estimate of drug-likeness (QED) is 0.891. The molecule has 25 heavy (non-hydrogen) atoms. The minimum absolute atomic E-state index is 0.0667. The molecule has 3 fully saturated rings. The summed E-state index contributed by atoms with van der Waals surface area (Å²) >= 11 is 0. The van der Waals surface area contributed by atoms with Gasteiger partial charge in [0, 0.05) is 49.5 Å². The Morgan fingerprint density at radius 2 is 2.20 bits per heavy atom. The van der Waals surface area contributed by atoms with E-state index in [0.29, 0.717) is 30.6 Å². The first-order chi connectivity index (χ1) is 12.1. The predicted octanol–water partition coefficient (Wildman–Crippen LogP) is 2.17. The topological polar surface area (TPSA) is 61.9 Å². The molecule has 6 heteroatoms. The molecule has 0 aromatic heterocycles. The van der Waals surface area contributed by atoms with E-state index in [0.717, 1.165) is 50.3 Å². The number of hydrogen-bond acceptors (Lipinski definition) is 3. The summed E-state index contributed by atoms with van der Waals surface area (Å²) < 4.78 is 5.46. The fourth-order valence-corrected chi connectivity index (χ4v) is 3.75. The zero-order valence-corrected chi connectivity index (χ0v) is 14.7. The molecule has 0 radical (unpaired) electrons. The summed E-state index contributed by atoms with van der Waals surface area (Å²) in [6.07, 6.45) is 3.24. The number of rotatable bonds is 5. The number of aryl methyl sites for hydroxylation is 1. The van der Waals surface area contributed by atoms with E-state index in [-0.39, 0.29) is 11.9 Å². The summed E-state index contributed by atoms with van der Waals surface area (Å²) in [4.78, 5) is 28.7. The molecule has 2 heterocycles. The van der Waals surface area contributed by atoms with Gasteiger partial charge in [-0.05, 0) is 49.9 Å². The predicted molar refractivity (Wildman–Crippen MR) is 94.9 cm³/mol. The monoisotopic (exact) mass is 343 g/mol. The van der Waals surface area contributed by atoms with E-state index in [1.807, 2.05) is 30.0 Å². The molecule has 3 amide bonds. The molecule has 0 spiro atoms. The Kier molecular flexibility index (Phi) is 4.37. The summed E-state index contributed by atoms with van der Waals surface area (Å²) in [5.74, 6) is 0.563. The second-order valence-corrected chi connectivity index (χ2v) is 7.30. The van der Waals surface area contributed by atoms with Crippen molar-refractivity contribution in [3.63, 3.8) is 0 Å². The van der Waals surface area contributed by atoms with E-state index in [1.165, 1.54) is 0 Å². The van der Waals surface area contributed by atoms with Gasteiger partial charge in [-0.2, -0.15) is 0 Å². The number of anilines is 1. The van der Waals surface area contributed by atoms with Gasteiger partial charge in [-0.1, -0.05) is 0 Å². The Labute approximate surface area is 148 Å². The maximum atomic E-state index is 13.1. The number of nitrogens with zero attached hydrogens (tertiary/aromatic N) is 2. The normalized spacial score (nSPS) is 23.0. The minimum Gasteiger partial charge on any atom is -0.381 e. The molecular weight excluding hydrogens is 318 g/mol. The Balaban J connectivity index is 1.52. The second kappa shape index (κ2) is 6.67. The molecule has 1 N–H and O–H groups in total. The van der Waals surface area contributed by atoms with Gasteiger partial charge in [-0.3, -0.25) is 9.69 Å². The van der Waals surface area contributed by atoms with Crippen molar-refractivity contribution in [1.29, 1.82) is 0 Å². The summed E-state index contributed by atoms with van der Waals surface area (Å²) in [6.45, 7) is 5.66. The van der Waals surface area contributed by atoms with Crippen LogP contribution in [0.2, 0.25) is 0 Å². The van der Waals surface area contributed by atoms with E-state index in [1.54, 1.807) is 4.90 Å². The third-order valence-electron chi connectivity index (χ3n) is 5.32. The van der Waals surface area contributed by atoms with Crippen molar-refractivity contribution >= 4 is 17.6 Å². The van der Waals surface area contributed by atoms with Gasteiger partial charge >= 0.3 is 6.03 Å². The van der Waals surface area contributed by atoms with Crippen molar-refractivity contribution in [2.45, 2.75) is 32.2 Å². The van der Waals surface area contributed by atoms with Crippen molar-refractivity contribution in [2.75, 3.05) is 37.7 Å². The lowest BCUT2D eigenvalue weighted by molar-refractivity contribution is 0.0706. The maximum absolute atomic E-state index is 13.1. The first kappa shape index (κ1) is 16.4. The lowest BCUT2D eigenvalue weighted by atomic mass is 10.1. The number of amides is 3. The van der Waals surface area contributed by atoms with Gasteiger partial charge in [0.1, 0.15) is 0 Å². The SMILES string of the molecule is Cc1cc(C(=O)N(C[C@H]2CCOC2)C2CC2)ccc1N1CCNC1=O. The average Bonchev–Trinajstić information content (AvgIpc) is 3.14. The number of urea groups is 1. The summed E-state index contributed by atoms with van der Waals surface area (Å²) in [6, 6.07) is 6.00. The molecule has 6 nitrogen and oxygen atoms in total. The van der Waals surface area contributed by atoms with Crippen LogP contribution in [0, 0.1) is 12.8 Å². The standard InChI is InChI=1S/C19H25N3O3/c1-13-10-15(2-5-17(13)21-8-7-20-19(21)24)18(23)22(16-3-4-16)11-14-6-9-25-12-14/h2,5,10,14,16H,3-4,6-9,11-12H2,1H3,(H,20,24)/t14-/m1/s1. The number of nitrogens with one attached hydrogen (secondary N) is 1. The van der Waals surface area contributed by atoms with E-state index in [4.69, 9.17) is 4.74 Å². The van der Waals surface area contributed by atoms with Crippen LogP contribution in [0.1, 0.15) is 35.2 Å². The van der Waals surface area contributed by atoms with Gasteiger partial charge in [0.25, 0.3) is 5.91 Å². The Morgan fingerprint density at radius 1 is 1.36 bits per heavy atom. The molecule has 1 atom stereocenters. The maximum Gasteiger partial charge on any atom is 0.322 e. The number of hydrogen-bond donors (Lipinski definition) is 1. The largest absolute Gasteiger partial charge is 0.381 e. The minimum atomic E-state index is -0.0667. The summed E-state index contributed by atoms with van der Waals surface area (Å²) in [7, 11) is 0. The van der Waals surface area contributed by atoms with Crippen molar-refractivity contribution < 1.29 is 14.3 Å². The highest BCUT2D eigenvalue weighted by atomic mass is 16.5. The van der Waals surface area contributed by atoms with Gasteiger partial charge < -0.3 is 15.0 Å². The smallest absolute Gasteiger partial charge is 0.322 e. The first-order valence-electron chi connectivity index (χ1n) is 9.18. The van der Waals surface area contributed by atoms with Crippen LogP contribution in [0.15, 0.2) is 18.2 Å². The average molecular weight is 343 g/mol. The third-order valence-corrected chi connectivity index (χ3v) is 5.32. The molecule has 2 saturated heterocycles. The highest BCUT2D eigenvalue weighted by molar-refractivity contribution is 5.98. The van der Waals surface area contributed by atoms with E-state index in [2.05, 4.69) is 5.32 Å². The van der Waals surface area contributed by atoms with Crippen molar-refractivity contribution in [1.82, 2.24) is 10.2 Å². The van der Waals surface area contributed by atoms with Crippen LogP contribution in [0.5, 0.6) is 0 Å². The second-order valence-electron chi connectivity index (χ2n) is 7.30. The zero-order chi connectivity index (χ0) is 17.4. The van der Waals surface area contributed by atoms with Gasteiger partial charge in [0.05, 0.1) is 6.61 Å². The van der Waals surface area contributed by atoms with Gasteiger partial charge in [-0.25, -0.2) is 4.79 Å². The fraction of sp³-hybridized carbons (Fsp3) is 0.579. The first-order valence-corrected chi connectivity index (χ1v) is 9.18. The highest BCUT2D eigenvalue weighted by Crippen LogP contribution is 2.31. The molecule has 1 saturated carbocycles. The van der Waals surface area contributed by atoms with Crippen LogP contribution in [-0.4, -0.2) is 55.7 Å². The van der Waals surface area contributed by atoms with E-state index >= 15 is 0 Å². The number of benzene rings is 1. The molecule has 4 rings (SSSR count). The van der Waals surface area contributed by atoms with Crippen molar-refractivity contribution in [3.05, 3.63) is 29.3 Å². The highest BCUT2D eigenvalue weighted by Gasteiger charge is 2.35. The molecule has 0 unspecified atom stereocenters. The molecule has 1 aromatic rings. The van der Waals surface area contributed by atoms with Crippen LogP contribution in [0.3, 0.4) is 0 Å². The summed E-state index contributed by atoms with van der Waals surface area (Å²) in [5, 5.41) is 2.81. The van der Waals surface area contributed by atoms with E-state index < -0.39 is 0 Å². The van der Waals surface area contributed by atoms with Crippen LogP contribution in [0.25, 0.3) is 0 Å². The lowest BCUT2D eigenvalue weighted by Gasteiger charge is -2.26. The molecule has 0 bridgehead atoms. The molecule has 1 aliphatic carbocycles. The molecule has 134 valence electrons. The molecule has 2 aliphatic heterocycles. The molecule has 3 aliphatic rings. The van der Waals surface area contributed by atoms with Crippen LogP contribution >= 0.6 is 0 Å². The Bertz CT molecular complexity index is 680. The lowest BCUT2D eigenvalue weighted by Crippen LogP contribution is -2.37. The Morgan fingerprint density at radius 3 is 2.80 bits per heavy atom. The van der Waals surface area contributed by atoms with Gasteiger partial charge in [-0.15, -0.1) is 0 Å². The number of ether oxygens (including phenoxy) is 1. The van der Waals surface area contributed by atoms with Gasteiger partial charge in [0.15, 0.2) is 0 Å².